The Morgan fingerprint density at radius 2 is 1.54 bits per heavy atom. The molecule has 1 aliphatic rings. The van der Waals surface area contributed by atoms with E-state index >= 15 is 0 Å². The molecule has 0 bridgehead atoms. The first-order valence-corrected chi connectivity index (χ1v) is 14.0. The van der Waals surface area contributed by atoms with E-state index in [4.69, 9.17) is 9.47 Å². The maximum atomic E-state index is 13.3. The predicted octanol–water partition coefficient (Wildman–Crippen LogP) is 6.04. The van der Waals surface area contributed by atoms with E-state index < -0.39 is 11.6 Å². The summed E-state index contributed by atoms with van der Waals surface area (Å²) in [6, 6.07) is 25.9. The molecule has 0 saturated carbocycles. The highest BCUT2D eigenvalue weighted by molar-refractivity contribution is 5.80. The Balaban J connectivity index is 1.48. The van der Waals surface area contributed by atoms with Gasteiger partial charge >= 0.3 is 5.97 Å². The highest BCUT2D eigenvalue weighted by Gasteiger charge is 2.31. The van der Waals surface area contributed by atoms with Crippen molar-refractivity contribution in [3.05, 3.63) is 95.6 Å². The number of nitrogens with zero attached hydrogens (tertiary/aromatic N) is 1. The number of ether oxygens (including phenoxy) is 2. The largest absolute Gasteiger partial charge is 0.476 e. The van der Waals surface area contributed by atoms with E-state index in [9.17, 15) is 9.59 Å². The number of piperidine rings is 1. The second kappa shape index (κ2) is 13.3. The maximum Gasteiger partial charge on any atom is 0.349 e. The summed E-state index contributed by atoms with van der Waals surface area (Å²) in [4.78, 5) is 27.9. The summed E-state index contributed by atoms with van der Waals surface area (Å²) in [5.74, 6) is 0.0993. The molecule has 1 heterocycles. The van der Waals surface area contributed by atoms with Crippen LogP contribution in [0.2, 0.25) is 0 Å². The van der Waals surface area contributed by atoms with E-state index in [1.54, 1.807) is 32.9 Å². The number of rotatable bonds is 11. The summed E-state index contributed by atoms with van der Waals surface area (Å²) >= 11 is 0. The minimum atomic E-state index is -1.10. The second-order valence-corrected chi connectivity index (χ2v) is 10.6. The molecule has 206 valence electrons. The fourth-order valence-corrected chi connectivity index (χ4v) is 5.04. The van der Waals surface area contributed by atoms with Crippen LogP contribution in [0.1, 0.15) is 62.8 Å². The van der Waals surface area contributed by atoms with Gasteiger partial charge in [-0.25, -0.2) is 4.79 Å². The van der Waals surface area contributed by atoms with Crippen LogP contribution in [0.4, 0.5) is 5.69 Å². The number of amides is 1. The number of carbonyl (C=O) groups is 2. The quantitative estimate of drug-likeness (QED) is 0.307. The zero-order valence-corrected chi connectivity index (χ0v) is 23.3. The van der Waals surface area contributed by atoms with Crippen molar-refractivity contribution in [2.24, 2.45) is 0 Å². The molecule has 0 aromatic heterocycles. The molecule has 0 spiro atoms. The lowest BCUT2D eigenvalue weighted by Crippen LogP contribution is -2.39. The highest BCUT2D eigenvalue weighted by atomic mass is 16.6. The van der Waals surface area contributed by atoms with Crippen LogP contribution < -0.4 is 15.0 Å². The lowest BCUT2D eigenvalue weighted by molar-refractivity contribution is -0.158. The Morgan fingerprint density at radius 1 is 0.872 bits per heavy atom. The zero-order chi connectivity index (χ0) is 27.7. The molecule has 1 N–H and O–H groups in total. The second-order valence-electron chi connectivity index (χ2n) is 10.6. The molecule has 1 atom stereocenters. The number of anilines is 1. The Morgan fingerprint density at radius 3 is 2.23 bits per heavy atom. The van der Waals surface area contributed by atoms with E-state index in [-0.39, 0.29) is 18.4 Å². The minimum Gasteiger partial charge on any atom is -0.476 e. The van der Waals surface area contributed by atoms with Crippen molar-refractivity contribution < 1.29 is 19.1 Å². The molecule has 3 aromatic carbocycles. The van der Waals surface area contributed by atoms with E-state index in [2.05, 4.69) is 46.6 Å². The third kappa shape index (κ3) is 7.85. The smallest absolute Gasteiger partial charge is 0.349 e. The van der Waals surface area contributed by atoms with Gasteiger partial charge in [0.2, 0.25) is 5.91 Å². The molecule has 6 heteroatoms. The Kier molecular flexibility index (Phi) is 9.64. The van der Waals surface area contributed by atoms with Gasteiger partial charge in [0.25, 0.3) is 0 Å². The van der Waals surface area contributed by atoms with Crippen LogP contribution in [-0.2, 0) is 27.2 Å². The molecular weight excluding hydrogens is 488 g/mol. The maximum absolute atomic E-state index is 13.3. The summed E-state index contributed by atoms with van der Waals surface area (Å²) < 4.78 is 11.0. The molecule has 3 aromatic rings. The minimum absolute atomic E-state index is 0.0371. The van der Waals surface area contributed by atoms with E-state index in [1.165, 1.54) is 30.5 Å². The third-order valence-electron chi connectivity index (χ3n) is 7.05. The van der Waals surface area contributed by atoms with Gasteiger partial charge in [-0.15, -0.1) is 0 Å². The summed E-state index contributed by atoms with van der Waals surface area (Å²) in [6.45, 7) is 7.52. The van der Waals surface area contributed by atoms with Gasteiger partial charge in [-0.2, -0.15) is 0 Å². The average Bonchev–Trinajstić information content (AvgIpc) is 2.95. The Hall–Kier alpha value is -3.80. The van der Waals surface area contributed by atoms with Crippen LogP contribution in [-0.4, -0.2) is 37.2 Å². The first kappa shape index (κ1) is 28.2. The lowest BCUT2D eigenvalue weighted by Gasteiger charge is -2.33. The first-order chi connectivity index (χ1) is 18.9. The van der Waals surface area contributed by atoms with Crippen molar-refractivity contribution in [1.82, 2.24) is 5.32 Å². The molecule has 4 rings (SSSR count). The van der Waals surface area contributed by atoms with Gasteiger partial charge in [0.05, 0.1) is 19.1 Å². The van der Waals surface area contributed by atoms with Crippen LogP contribution in [0.15, 0.2) is 78.9 Å². The van der Waals surface area contributed by atoms with Gasteiger partial charge in [0.15, 0.2) is 5.60 Å². The number of carbonyl (C=O) groups excluding carboxylic acids is 2. The van der Waals surface area contributed by atoms with Crippen molar-refractivity contribution in [2.75, 3.05) is 24.6 Å². The van der Waals surface area contributed by atoms with Crippen LogP contribution in [0, 0.1) is 0 Å². The number of benzene rings is 3. The number of para-hydroxylation sites is 1. The Bertz CT molecular complexity index is 1220. The van der Waals surface area contributed by atoms with Gasteiger partial charge in [-0.3, -0.25) is 4.79 Å². The van der Waals surface area contributed by atoms with Gasteiger partial charge in [0, 0.05) is 18.8 Å². The van der Waals surface area contributed by atoms with E-state index in [0.29, 0.717) is 18.8 Å². The van der Waals surface area contributed by atoms with Crippen molar-refractivity contribution in [3.8, 4) is 5.75 Å². The number of hydrogen-bond acceptors (Lipinski definition) is 5. The molecule has 1 fully saturated rings. The molecule has 1 amide bonds. The van der Waals surface area contributed by atoms with Crippen LogP contribution in [0.5, 0.6) is 5.75 Å². The van der Waals surface area contributed by atoms with Crippen molar-refractivity contribution in [3.63, 3.8) is 0 Å². The summed E-state index contributed by atoms with van der Waals surface area (Å²) in [7, 11) is 0. The Labute approximate surface area is 232 Å². The number of esters is 1. The van der Waals surface area contributed by atoms with Crippen molar-refractivity contribution in [2.45, 2.75) is 64.5 Å². The topological polar surface area (TPSA) is 67.9 Å². The standard InChI is InChI=1S/C33H40N2O4/c1-4-38-32(37)33(2,3)39-27-19-17-26(18-20-27)24-31(36)34-29(23-25-13-7-5-8-14-25)28-15-9-10-16-30(28)35-21-11-6-12-22-35/h5,7-10,13-20,29H,4,6,11-12,21-24H2,1-3H3,(H,34,36). The summed E-state index contributed by atoms with van der Waals surface area (Å²) in [5.41, 5.74) is 3.32. The fraction of sp³-hybridized carbons (Fsp3) is 0.394. The van der Waals surface area contributed by atoms with Gasteiger partial charge in [-0.05, 0) is 81.3 Å². The summed E-state index contributed by atoms with van der Waals surface area (Å²) in [5, 5.41) is 3.33. The highest BCUT2D eigenvalue weighted by Crippen LogP contribution is 2.31. The molecule has 39 heavy (non-hydrogen) atoms. The number of hydrogen-bond donors (Lipinski definition) is 1. The van der Waals surface area contributed by atoms with Crippen LogP contribution in [0.3, 0.4) is 0 Å². The third-order valence-corrected chi connectivity index (χ3v) is 7.05. The SMILES string of the molecule is CCOC(=O)C(C)(C)Oc1ccc(CC(=O)NC(Cc2ccccc2)c2ccccc2N2CCCCC2)cc1. The molecule has 0 radical (unpaired) electrons. The van der Waals surface area contributed by atoms with Crippen molar-refractivity contribution >= 4 is 17.6 Å². The molecule has 6 nitrogen and oxygen atoms in total. The van der Waals surface area contributed by atoms with Gasteiger partial charge in [-0.1, -0.05) is 60.7 Å². The zero-order valence-electron chi connectivity index (χ0n) is 23.3. The lowest BCUT2D eigenvalue weighted by atomic mass is 9.95. The van der Waals surface area contributed by atoms with Crippen molar-refractivity contribution in [1.29, 1.82) is 0 Å². The fourth-order valence-electron chi connectivity index (χ4n) is 5.04. The van der Waals surface area contributed by atoms with Gasteiger partial charge in [0.1, 0.15) is 5.75 Å². The molecule has 1 unspecified atom stereocenters. The molecule has 1 saturated heterocycles. The van der Waals surface area contributed by atoms with E-state index in [1.807, 2.05) is 30.3 Å². The van der Waals surface area contributed by atoms with E-state index in [0.717, 1.165) is 24.2 Å². The molecule has 0 aliphatic carbocycles. The van der Waals surface area contributed by atoms with Crippen LogP contribution >= 0.6 is 0 Å². The monoisotopic (exact) mass is 528 g/mol. The van der Waals surface area contributed by atoms with Gasteiger partial charge < -0.3 is 19.7 Å². The van der Waals surface area contributed by atoms with Crippen LogP contribution in [0.25, 0.3) is 0 Å². The summed E-state index contributed by atoms with van der Waals surface area (Å²) in [6.07, 6.45) is 4.63. The normalized spacial score (nSPS) is 14.4. The molecule has 1 aliphatic heterocycles. The first-order valence-electron chi connectivity index (χ1n) is 14.0. The predicted molar refractivity (Wildman–Crippen MR) is 155 cm³/mol. The average molecular weight is 529 g/mol. The molecular formula is C33H40N2O4. The number of nitrogens with one attached hydrogen (secondary N) is 1.